The number of nitrogens with one attached hydrogen (secondary N) is 1. The van der Waals surface area contributed by atoms with Gasteiger partial charge in [0.1, 0.15) is 10.7 Å². The van der Waals surface area contributed by atoms with Gasteiger partial charge in [0.15, 0.2) is 0 Å². The molecule has 1 aromatic carbocycles. The molecule has 3 fully saturated rings. The molecule has 0 radical (unpaired) electrons. The molecular formula is C23H30ClN5O5S. The number of likely N-dealkylation sites (N-methyl/N-ethyl adjacent to an activating group) is 1. The van der Waals surface area contributed by atoms with E-state index in [1.165, 1.54) is 4.31 Å². The highest BCUT2D eigenvalue weighted by Crippen LogP contribution is 2.45. The van der Waals surface area contributed by atoms with Crippen LogP contribution in [0.1, 0.15) is 19.8 Å². The Morgan fingerprint density at radius 1 is 1.20 bits per heavy atom. The number of hydrogen-bond acceptors (Lipinski definition) is 6. The number of piperidine rings is 1. The van der Waals surface area contributed by atoms with Crippen molar-refractivity contribution in [2.75, 3.05) is 53.5 Å². The number of halogens is 1. The van der Waals surface area contributed by atoms with Crippen molar-refractivity contribution in [2.45, 2.75) is 36.0 Å². The van der Waals surface area contributed by atoms with Crippen LogP contribution in [-0.2, 0) is 24.3 Å². The van der Waals surface area contributed by atoms with Crippen LogP contribution in [0.15, 0.2) is 29.3 Å². The van der Waals surface area contributed by atoms with Crippen LogP contribution in [-0.4, -0.2) is 109 Å². The molecule has 2 amide bonds. The average molecular weight is 524 g/mol. The molecule has 3 aliphatic rings. The van der Waals surface area contributed by atoms with E-state index >= 15 is 0 Å². The molecule has 4 heterocycles. The first-order chi connectivity index (χ1) is 16.5. The summed E-state index contributed by atoms with van der Waals surface area (Å²) in [5, 5.41) is 1.22. The number of rotatable bonds is 4. The van der Waals surface area contributed by atoms with Gasteiger partial charge in [-0.3, -0.25) is 14.5 Å². The largest absolute Gasteiger partial charge is 0.381 e. The molecule has 3 saturated heterocycles. The first-order valence-electron chi connectivity index (χ1n) is 11.6. The molecule has 190 valence electrons. The van der Waals surface area contributed by atoms with E-state index in [1.807, 2.05) is 11.9 Å². The number of ether oxygens (including phenoxy) is 1. The third-order valence-corrected chi connectivity index (χ3v) is 9.97. The van der Waals surface area contributed by atoms with Gasteiger partial charge in [0.05, 0.1) is 19.7 Å². The number of H-pyrrole nitrogens is 1. The highest BCUT2D eigenvalue weighted by molar-refractivity contribution is 7.89. The molecule has 0 aliphatic carbocycles. The van der Waals surface area contributed by atoms with Crippen molar-refractivity contribution in [1.29, 1.82) is 0 Å². The van der Waals surface area contributed by atoms with E-state index in [0.29, 0.717) is 48.4 Å². The van der Waals surface area contributed by atoms with Crippen molar-refractivity contribution in [2.24, 2.45) is 0 Å². The Bertz CT molecular complexity index is 1290. The Morgan fingerprint density at radius 3 is 2.57 bits per heavy atom. The van der Waals surface area contributed by atoms with Crippen LogP contribution in [0.5, 0.6) is 0 Å². The minimum atomic E-state index is -4.00. The number of amides is 2. The number of carbonyl (C=O) groups is 2. The van der Waals surface area contributed by atoms with E-state index in [4.69, 9.17) is 16.3 Å². The number of hydrogen-bond donors (Lipinski definition) is 1. The lowest BCUT2D eigenvalue weighted by molar-refractivity contribution is -0.152. The van der Waals surface area contributed by atoms with Crippen LogP contribution >= 0.6 is 11.6 Å². The van der Waals surface area contributed by atoms with Crippen LogP contribution in [0.4, 0.5) is 0 Å². The van der Waals surface area contributed by atoms with E-state index < -0.39 is 15.7 Å². The Kier molecular flexibility index (Phi) is 5.92. The van der Waals surface area contributed by atoms with E-state index in [9.17, 15) is 18.0 Å². The Balaban J connectivity index is 1.49. The van der Waals surface area contributed by atoms with E-state index in [0.717, 1.165) is 0 Å². The molecule has 12 heteroatoms. The summed E-state index contributed by atoms with van der Waals surface area (Å²) in [6, 6.07) is 6.67. The Labute approximate surface area is 209 Å². The smallest absolute Gasteiger partial charge is 0.259 e. The maximum Gasteiger partial charge on any atom is 0.259 e. The number of benzene rings is 1. The summed E-state index contributed by atoms with van der Waals surface area (Å²) >= 11 is 6.07. The number of piperazine rings is 1. The van der Waals surface area contributed by atoms with E-state index in [2.05, 4.69) is 9.88 Å². The number of aromatic amines is 1. The molecule has 35 heavy (non-hydrogen) atoms. The zero-order chi connectivity index (χ0) is 25.2. The lowest BCUT2D eigenvalue weighted by Crippen LogP contribution is -2.70. The lowest BCUT2D eigenvalue weighted by Gasteiger charge is -2.50. The van der Waals surface area contributed by atoms with E-state index in [1.54, 1.807) is 43.2 Å². The summed E-state index contributed by atoms with van der Waals surface area (Å²) < 4.78 is 34.2. The molecule has 2 aromatic rings. The fourth-order valence-electron chi connectivity index (χ4n) is 5.96. The number of methoxy groups -OCH3 is 1. The van der Waals surface area contributed by atoms with Crippen LogP contribution < -0.4 is 0 Å². The third kappa shape index (κ3) is 3.75. The summed E-state index contributed by atoms with van der Waals surface area (Å²) in [6.07, 6.45) is 1.40. The van der Waals surface area contributed by atoms with Crippen molar-refractivity contribution in [3.63, 3.8) is 0 Å². The standard InChI is InChI=1S/C23H30ClN5O5S/c1-16(30)27-8-6-22(7-9-27)13-29-21(31)12-28(14-23(29,15-34-3)26(22)2)35(32,33)20-11-17-10-18(24)4-5-19(17)25-20/h4-5,10-11,25H,6-9,12-15H2,1-3H3. The fraction of sp³-hybridized carbons (Fsp3) is 0.565. The maximum atomic E-state index is 13.7. The van der Waals surface area contributed by atoms with Gasteiger partial charge < -0.3 is 19.5 Å². The van der Waals surface area contributed by atoms with Gasteiger partial charge in [-0.15, -0.1) is 0 Å². The van der Waals surface area contributed by atoms with Crippen LogP contribution in [0.25, 0.3) is 10.9 Å². The highest BCUT2D eigenvalue weighted by atomic mass is 35.5. The molecule has 1 N–H and O–H groups in total. The normalized spacial score (nSPS) is 25.5. The third-order valence-electron chi connectivity index (χ3n) is 8.02. The molecule has 0 saturated carbocycles. The van der Waals surface area contributed by atoms with Crippen molar-refractivity contribution in [1.82, 2.24) is 24.0 Å². The number of likely N-dealkylation sites (tertiary alicyclic amines) is 1. The minimum Gasteiger partial charge on any atom is -0.381 e. The average Bonchev–Trinajstić information content (AvgIpc) is 3.34. The molecule has 1 spiro atoms. The second-order valence-electron chi connectivity index (χ2n) is 9.82. The van der Waals surface area contributed by atoms with Gasteiger partial charge in [0.25, 0.3) is 10.0 Å². The zero-order valence-electron chi connectivity index (χ0n) is 20.1. The SMILES string of the molecule is COCC12CN(S(=O)(=O)c3cc4cc(Cl)ccc4[nH]3)CC(=O)N1CC1(CCN(C(C)=O)CC1)N2C. The van der Waals surface area contributed by atoms with Gasteiger partial charge in [-0.2, -0.15) is 4.31 Å². The first-order valence-corrected chi connectivity index (χ1v) is 13.4. The van der Waals surface area contributed by atoms with Gasteiger partial charge in [0.2, 0.25) is 11.8 Å². The first kappa shape index (κ1) is 24.5. The van der Waals surface area contributed by atoms with Crippen molar-refractivity contribution >= 4 is 44.3 Å². The summed E-state index contributed by atoms with van der Waals surface area (Å²) in [5.41, 5.74) is -0.637. The molecule has 1 atom stereocenters. The predicted octanol–water partition coefficient (Wildman–Crippen LogP) is 1.32. The molecule has 5 rings (SSSR count). The molecule has 0 bridgehead atoms. The number of aromatic nitrogens is 1. The topological polar surface area (TPSA) is 106 Å². The number of fused-ring (bicyclic) bond motifs is 2. The Morgan fingerprint density at radius 2 is 1.91 bits per heavy atom. The molecule has 10 nitrogen and oxygen atoms in total. The summed E-state index contributed by atoms with van der Waals surface area (Å²) in [6.45, 7) is 3.26. The Hall–Kier alpha value is -2.18. The molecule has 1 aromatic heterocycles. The van der Waals surface area contributed by atoms with Crippen LogP contribution in [0.3, 0.4) is 0 Å². The molecule has 1 unspecified atom stereocenters. The number of sulfonamides is 1. The van der Waals surface area contributed by atoms with Crippen molar-refractivity contribution in [3.8, 4) is 0 Å². The number of carbonyl (C=O) groups excluding carboxylic acids is 2. The summed E-state index contributed by atoms with van der Waals surface area (Å²) in [4.78, 5) is 34.0. The summed E-state index contributed by atoms with van der Waals surface area (Å²) in [5.74, 6) is -0.216. The monoisotopic (exact) mass is 523 g/mol. The van der Waals surface area contributed by atoms with Gasteiger partial charge in [-0.1, -0.05) is 11.6 Å². The molecule has 3 aliphatic heterocycles. The van der Waals surface area contributed by atoms with Gasteiger partial charge in [0, 0.05) is 55.1 Å². The van der Waals surface area contributed by atoms with Gasteiger partial charge in [-0.25, -0.2) is 8.42 Å². The van der Waals surface area contributed by atoms with Crippen molar-refractivity contribution < 1.29 is 22.7 Å². The second kappa shape index (κ2) is 8.45. The zero-order valence-corrected chi connectivity index (χ0v) is 21.7. The van der Waals surface area contributed by atoms with Crippen LogP contribution in [0.2, 0.25) is 5.02 Å². The highest BCUT2D eigenvalue weighted by Gasteiger charge is 2.63. The molecular weight excluding hydrogens is 494 g/mol. The fourth-order valence-corrected chi connectivity index (χ4v) is 7.59. The van der Waals surface area contributed by atoms with E-state index in [-0.39, 0.29) is 42.1 Å². The number of nitrogens with zero attached hydrogens (tertiary/aromatic N) is 4. The lowest BCUT2D eigenvalue weighted by atomic mass is 9.86. The second-order valence-corrected chi connectivity index (χ2v) is 12.2. The minimum absolute atomic E-state index is 0.0220. The maximum absolute atomic E-state index is 13.7. The van der Waals surface area contributed by atoms with Crippen LogP contribution in [0, 0.1) is 0 Å². The van der Waals surface area contributed by atoms with Crippen molar-refractivity contribution in [3.05, 3.63) is 29.3 Å². The summed E-state index contributed by atoms with van der Waals surface area (Å²) in [7, 11) is -0.498. The quantitative estimate of drug-likeness (QED) is 0.648. The van der Waals surface area contributed by atoms with Gasteiger partial charge in [-0.05, 0) is 44.2 Å². The van der Waals surface area contributed by atoms with Gasteiger partial charge >= 0.3 is 0 Å². The predicted molar refractivity (Wildman–Crippen MR) is 130 cm³/mol.